The third-order valence-corrected chi connectivity index (χ3v) is 8.07. The number of nitrogens with zero attached hydrogens (tertiary/aromatic N) is 3. The second-order valence-corrected chi connectivity index (χ2v) is 10.7. The third-order valence-electron chi connectivity index (χ3n) is 6.18. The highest BCUT2D eigenvalue weighted by Crippen LogP contribution is 2.42. The first-order valence-corrected chi connectivity index (χ1v) is 12.3. The summed E-state index contributed by atoms with van der Waals surface area (Å²) in [4.78, 5) is 31.3. The Labute approximate surface area is 188 Å². The number of carbonyl (C=O) groups excluding carboxylic acids is 2. The van der Waals surface area contributed by atoms with Crippen LogP contribution >= 0.6 is 0 Å². The van der Waals surface area contributed by atoms with E-state index < -0.39 is 15.4 Å². The molecule has 170 valence electrons. The molecule has 9 heteroatoms. The van der Waals surface area contributed by atoms with Crippen molar-refractivity contribution in [2.45, 2.75) is 50.0 Å². The normalized spacial score (nSPS) is 18.4. The van der Waals surface area contributed by atoms with Gasteiger partial charge in [0.05, 0.1) is 10.3 Å². The second-order valence-electron chi connectivity index (χ2n) is 8.80. The lowest BCUT2D eigenvalue weighted by molar-refractivity contribution is -0.125. The van der Waals surface area contributed by atoms with E-state index in [1.807, 2.05) is 6.07 Å². The van der Waals surface area contributed by atoms with Crippen molar-refractivity contribution in [2.75, 3.05) is 24.5 Å². The zero-order valence-electron chi connectivity index (χ0n) is 18.4. The van der Waals surface area contributed by atoms with Crippen LogP contribution in [0.4, 0.5) is 5.69 Å². The van der Waals surface area contributed by atoms with Gasteiger partial charge in [-0.15, -0.1) is 0 Å². The maximum Gasteiger partial charge on any atom is 0.243 e. The molecule has 1 aromatic carbocycles. The number of hydrogen-bond donors (Lipinski definition) is 1. The van der Waals surface area contributed by atoms with E-state index in [-0.39, 0.29) is 23.3 Å². The molecule has 2 aliphatic heterocycles. The molecule has 0 aliphatic carbocycles. The summed E-state index contributed by atoms with van der Waals surface area (Å²) < 4.78 is 27.8. The summed E-state index contributed by atoms with van der Waals surface area (Å²) in [5.41, 5.74) is 1.14. The number of benzene rings is 1. The van der Waals surface area contributed by atoms with Crippen molar-refractivity contribution in [3.8, 4) is 0 Å². The maximum atomic E-state index is 13.1. The fourth-order valence-corrected chi connectivity index (χ4v) is 5.83. The highest BCUT2D eigenvalue weighted by molar-refractivity contribution is 7.89. The van der Waals surface area contributed by atoms with Crippen LogP contribution in [0, 0.1) is 0 Å². The second kappa shape index (κ2) is 8.63. The van der Waals surface area contributed by atoms with Gasteiger partial charge >= 0.3 is 0 Å². The van der Waals surface area contributed by atoms with Gasteiger partial charge in [0, 0.05) is 37.7 Å². The Morgan fingerprint density at radius 3 is 2.59 bits per heavy atom. The number of sulfonamides is 1. The molecule has 4 rings (SSSR count). The standard InChI is InChI=1S/C23H28N4O4S/c1-23(2)19-13-18(32(30,31)26-11-4-3-5-12-26)8-9-20(19)27(22(23)29)16-21(28)25-15-17-7-6-10-24-14-17/h6-10,13-14H,3-5,11-12,15-16H2,1-2H3,(H,25,28). The summed E-state index contributed by atoms with van der Waals surface area (Å²) in [6, 6.07) is 8.44. The first kappa shape index (κ1) is 22.4. The number of rotatable bonds is 6. The highest BCUT2D eigenvalue weighted by Gasteiger charge is 2.45. The molecule has 8 nitrogen and oxygen atoms in total. The number of carbonyl (C=O) groups is 2. The first-order valence-electron chi connectivity index (χ1n) is 10.8. The Morgan fingerprint density at radius 1 is 1.16 bits per heavy atom. The molecular weight excluding hydrogens is 428 g/mol. The molecule has 0 spiro atoms. The minimum absolute atomic E-state index is 0.131. The number of hydrogen-bond acceptors (Lipinski definition) is 5. The average Bonchev–Trinajstić information content (AvgIpc) is 2.99. The molecule has 1 fully saturated rings. The minimum atomic E-state index is -3.61. The zero-order valence-corrected chi connectivity index (χ0v) is 19.2. The Kier molecular flexibility index (Phi) is 6.05. The van der Waals surface area contributed by atoms with Crippen LogP contribution in [0.15, 0.2) is 47.6 Å². The number of pyridine rings is 1. The van der Waals surface area contributed by atoms with Crippen LogP contribution in [0.2, 0.25) is 0 Å². The Balaban J connectivity index is 1.55. The third kappa shape index (κ3) is 4.14. The number of aromatic nitrogens is 1. The fraction of sp³-hybridized carbons (Fsp3) is 0.435. The van der Waals surface area contributed by atoms with Crippen molar-refractivity contribution >= 4 is 27.5 Å². The lowest BCUT2D eigenvalue weighted by Crippen LogP contribution is -2.42. The largest absolute Gasteiger partial charge is 0.350 e. The molecule has 3 heterocycles. The highest BCUT2D eigenvalue weighted by atomic mass is 32.2. The van der Waals surface area contributed by atoms with Crippen molar-refractivity contribution in [1.29, 1.82) is 0 Å². The number of anilines is 1. The van der Waals surface area contributed by atoms with Crippen LogP contribution in [-0.2, 0) is 31.6 Å². The predicted molar refractivity (Wildman–Crippen MR) is 121 cm³/mol. The van der Waals surface area contributed by atoms with E-state index in [1.54, 1.807) is 44.4 Å². The summed E-state index contributed by atoms with van der Waals surface area (Å²) in [6.45, 7) is 4.75. The molecule has 2 aromatic rings. The Hall–Kier alpha value is -2.78. The summed E-state index contributed by atoms with van der Waals surface area (Å²) in [5, 5.41) is 2.81. The van der Waals surface area contributed by atoms with Gasteiger partial charge in [0.25, 0.3) is 0 Å². The molecule has 0 radical (unpaired) electrons. The number of piperidine rings is 1. The molecule has 1 aromatic heterocycles. The summed E-state index contributed by atoms with van der Waals surface area (Å²) in [5.74, 6) is -0.521. The van der Waals surface area contributed by atoms with Gasteiger partial charge in [0.1, 0.15) is 6.54 Å². The molecule has 2 amide bonds. The van der Waals surface area contributed by atoms with E-state index in [1.165, 1.54) is 15.3 Å². The quantitative estimate of drug-likeness (QED) is 0.718. The van der Waals surface area contributed by atoms with Crippen molar-refractivity contribution < 1.29 is 18.0 Å². The lowest BCUT2D eigenvalue weighted by Gasteiger charge is -2.26. The maximum absolute atomic E-state index is 13.1. The molecule has 0 bridgehead atoms. The molecule has 2 aliphatic rings. The van der Waals surface area contributed by atoms with Gasteiger partial charge in [-0.1, -0.05) is 12.5 Å². The topological polar surface area (TPSA) is 99.7 Å². The van der Waals surface area contributed by atoms with Crippen molar-refractivity contribution in [1.82, 2.24) is 14.6 Å². The molecule has 32 heavy (non-hydrogen) atoms. The van der Waals surface area contributed by atoms with E-state index in [0.717, 1.165) is 24.8 Å². The van der Waals surface area contributed by atoms with E-state index in [2.05, 4.69) is 10.3 Å². The molecule has 1 N–H and O–H groups in total. The monoisotopic (exact) mass is 456 g/mol. The molecule has 0 unspecified atom stereocenters. The van der Waals surface area contributed by atoms with Gasteiger partial charge in [-0.05, 0) is 62.1 Å². The van der Waals surface area contributed by atoms with E-state index in [4.69, 9.17) is 0 Å². The average molecular weight is 457 g/mol. The molecule has 1 saturated heterocycles. The number of fused-ring (bicyclic) bond motifs is 1. The van der Waals surface area contributed by atoms with Crippen molar-refractivity contribution in [2.24, 2.45) is 0 Å². The summed E-state index contributed by atoms with van der Waals surface area (Å²) in [7, 11) is -3.61. The van der Waals surface area contributed by atoms with Crippen LogP contribution < -0.4 is 10.2 Å². The van der Waals surface area contributed by atoms with E-state index in [0.29, 0.717) is 30.9 Å². The SMILES string of the molecule is CC1(C)C(=O)N(CC(=O)NCc2cccnc2)c2ccc(S(=O)(=O)N3CCCCC3)cc21. The van der Waals surface area contributed by atoms with Crippen LogP contribution in [0.3, 0.4) is 0 Å². The number of nitrogens with one attached hydrogen (secondary N) is 1. The van der Waals surface area contributed by atoms with Gasteiger partial charge < -0.3 is 10.2 Å². The van der Waals surface area contributed by atoms with Gasteiger partial charge in [0.15, 0.2) is 0 Å². The summed E-state index contributed by atoms with van der Waals surface area (Å²) >= 11 is 0. The fourth-order valence-electron chi connectivity index (χ4n) is 4.29. The van der Waals surface area contributed by atoms with E-state index in [9.17, 15) is 18.0 Å². The molecular formula is C23H28N4O4S. The zero-order chi connectivity index (χ0) is 22.9. The first-order chi connectivity index (χ1) is 15.2. The van der Waals surface area contributed by atoms with Crippen LogP contribution in [0.1, 0.15) is 44.2 Å². The van der Waals surface area contributed by atoms with E-state index >= 15 is 0 Å². The van der Waals surface area contributed by atoms with Crippen LogP contribution in [-0.4, -0.2) is 49.2 Å². The molecule has 0 atom stereocenters. The Bertz CT molecular complexity index is 1130. The number of amides is 2. The van der Waals surface area contributed by atoms with Gasteiger partial charge in [-0.25, -0.2) is 8.42 Å². The van der Waals surface area contributed by atoms with Gasteiger partial charge in [0.2, 0.25) is 21.8 Å². The minimum Gasteiger partial charge on any atom is -0.350 e. The van der Waals surface area contributed by atoms with Crippen LogP contribution in [0.5, 0.6) is 0 Å². The van der Waals surface area contributed by atoms with Gasteiger partial charge in [-0.3, -0.25) is 14.6 Å². The Morgan fingerprint density at radius 2 is 1.91 bits per heavy atom. The van der Waals surface area contributed by atoms with Gasteiger partial charge in [-0.2, -0.15) is 4.31 Å². The molecule has 0 saturated carbocycles. The lowest BCUT2D eigenvalue weighted by atomic mass is 9.86. The van der Waals surface area contributed by atoms with Crippen molar-refractivity contribution in [3.63, 3.8) is 0 Å². The van der Waals surface area contributed by atoms with Crippen LogP contribution in [0.25, 0.3) is 0 Å². The predicted octanol–water partition coefficient (Wildman–Crippen LogP) is 2.20. The summed E-state index contributed by atoms with van der Waals surface area (Å²) in [6.07, 6.45) is 6.08. The smallest absolute Gasteiger partial charge is 0.243 e. The van der Waals surface area contributed by atoms with Crippen molar-refractivity contribution in [3.05, 3.63) is 53.9 Å².